The summed E-state index contributed by atoms with van der Waals surface area (Å²) in [5.41, 5.74) is 1.60. The molecule has 0 spiro atoms. The molecule has 1 heterocycles. The van der Waals surface area contributed by atoms with Crippen molar-refractivity contribution in [3.8, 4) is 0 Å². The van der Waals surface area contributed by atoms with Gasteiger partial charge in [0.25, 0.3) is 0 Å². The lowest BCUT2D eigenvalue weighted by molar-refractivity contribution is -0.142. The summed E-state index contributed by atoms with van der Waals surface area (Å²) in [4.78, 5) is 15.6. The second-order valence-electron chi connectivity index (χ2n) is 4.45. The minimum Gasteiger partial charge on any atom is -0.481 e. The van der Waals surface area contributed by atoms with E-state index in [1.165, 1.54) is 0 Å². The standard InChI is InChI=1S/C12H16N4O2/c13-16-14-7-8-3-1-6-11(15-8)9-4-2-5-10(9)12(17)18/h1,3,6,9-10H,2,4-5,7H2,(H2,13,14)(H,17,18). The van der Waals surface area contributed by atoms with E-state index in [9.17, 15) is 9.90 Å². The van der Waals surface area contributed by atoms with Crippen LogP contribution in [0.4, 0.5) is 0 Å². The van der Waals surface area contributed by atoms with E-state index in [0.717, 1.165) is 30.7 Å². The Kier molecular flexibility index (Phi) is 3.86. The van der Waals surface area contributed by atoms with Crippen LogP contribution in [-0.2, 0) is 11.3 Å². The zero-order chi connectivity index (χ0) is 13.0. The van der Waals surface area contributed by atoms with Gasteiger partial charge in [0.15, 0.2) is 0 Å². The minimum absolute atomic E-state index is 0.0114. The van der Waals surface area contributed by atoms with Gasteiger partial charge in [0.1, 0.15) is 6.54 Å². The topological polar surface area (TPSA) is 101 Å². The number of aromatic nitrogens is 1. The van der Waals surface area contributed by atoms with Gasteiger partial charge >= 0.3 is 5.97 Å². The van der Waals surface area contributed by atoms with Crippen LogP contribution in [-0.4, -0.2) is 16.1 Å². The number of nitrogens with zero attached hydrogens (tertiary/aromatic N) is 3. The van der Waals surface area contributed by atoms with Crippen LogP contribution in [0.2, 0.25) is 0 Å². The summed E-state index contributed by atoms with van der Waals surface area (Å²) >= 11 is 0. The van der Waals surface area contributed by atoms with Crippen LogP contribution in [0.1, 0.15) is 36.6 Å². The number of nitrogens with two attached hydrogens (primary N) is 1. The van der Waals surface area contributed by atoms with Crippen molar-refractivity contribution in [1.82, 2.24) is 4.98 Å². The third kappa shape index (κ3) is 2.64. The molecule has 3 N–H and O–H groups in total. The Bertz CT molecular complexity index is 461. The van der Waals surface area contributed by atoms with E-state index in [-0.39, 0.29) is 11.8 Å². The molecule has 1 fully saturated rings. The third-order valence-corrected chi connectivity index (χ3v) is 3.36. The average molecular weight is 248 g/mol. The number of carbonyl (C=O) groups is 1. The molecule has 0 saturated heterocycles. The van der Waals surface area contributed by atoms with Crippen LogP contribution >= 0.6 is 0 Å². The first-order chi connectivity index (χ1) is 8.72. The van der Waals surface area contributed by atoms with E-state index in [0.29, 0.717) is 6.54 Å². The van der Waals surface area contributed by atoms with E-state index in [2.05, 4.69) is 15.3 Å². The number of rotatable bonds is 4. The minimum atomic E-state index is -0.730. The van der Waals surface area contributed by atoms with Crippen LogP contribution < -0.4 is 5.84 Å². The fourth-order valence-electron chi connectivity index (χ4n) is 2.52. The van der Waals surface area contributed by atoms with Gasteiger partial charge in [0.05, 0.1) is 11.6 Å². The van der Waals surface area contributed by atoms with Crippen molar-refractivity contribution in [3.05, 3.63) is 29.6 Å². The molecule has 2 rings (SSSR count). The fraction of sp³-hybridized carbons (Fsp3) is 0.500. The van der Waals surface area contributed by atoms with Gasteiger partial charge in [-0.1, -0.05) is 17.7 Å². The Morgan fingerprint density at radius 3 is 3.06 bits per heavy atom. The number of hydrogen-bond acceptors (Lipinski definition) is 4. The van der Waals surface area contributed by atoms with Crippen molar-refractivity contribution < 1.29 is 9.90 Å². The largest absolute Gasteiger partial charge is 0.481 e. The Hall–Kier alpha value is -1.98. The SMILES string of the molecule is NN=NCc1cccc(C2CCCC2C(=O)O)n1. The zero-order valence-corrected chi connectivity index (χ0v) is 9.99. The fourth-order valence-corrected chi connectivity index (χ4v) is 2.52. The monoisotopic (exact) mass is 248 g/mol. The first-order valence-corrected chi connectivity index (χ1v) is 5.97. The van der Waals surface area contributed by atoms with E-state index >= 15 is 0 Å². The van der Waals surface area contributed by atoms with Gasteiger partial charge in [0, 0.05) is 11.6 Å². The molecule has 18 heavy (non-hydrogen) atoms. The Morgan fingerprint density at radius 1 is 1.50 bits per heavy atom. The molecule has 1 aromatic heterocycles. The van der Waals surface area contributed by atoms with Crippen molar-refractivity contribution in [1.29, 1.82) is 0 Å². The maximum absolute atomic E-state index is 11.2. The molecule has 0 amide bonds. The van der Waals surface area contributed by atoms with Gasteiger partial charge in [-0.2, -0.15) is 5.11 Å². The smallest absolute Gasteiger partial charge is 0.307 e. The van der Waals surface area contributed by atoms with Crippen molar-refractivity contribution in [2.45, 2.75) is 31.7 Å². The van der Waals surface area contributed by atoms with Crippen LogP contribution in [0.15, 0.2) is 28.5 Å². The maximum atomic E-state index is 11.2. The lowest BCUT2D eigenvalue weighted by atomic mass is 9.92. The molecule has 1 aliphatic rings. The van der Waals surface area contributed by atoms with E-state index < -0.39 is 5.97 Å². The molecule has 2 unspecified atom stereocenters. The first-order valence-electron chi connectivity index (χ1n) is 5.97. The molecule has 1 aliphatic carbocycles. The van der Waals surface area contributed by atoms with Gasteiger partial charge in [-0.05, 0) is 25.0 Å². The van der Waals surface area contributed by atoms with Crippen molar-refractivity contribution in [2.75, 3.05) is 0 Å². The second kappa shape index (κ2) is 5.57. The highest BCUT2D eigenvalue weighted by atomic mass is 16.4. The summed E-state index contributed by atoms with van der Waals surface area (Å²) in [6.07, 6.45) is 2.55. The summed E-state index contributed by atoms with van der Waals surface area (Å²) in [5, 5.41) is 16.1. The first kappa shape index (κ1) is 12.5. The molecule has 0 aromatic carbocycles. The maximum Gasteiger partial charge on any atom is 0.307 e. The van der Waals surface area contributed by atoms with E-state index in [4.69, 9.17) is 5.84 Å². The molecular weight excluding hydrogens is 232 g/mol. The lowest BCUT2D eigenvalue weighted by Crippen LogP contribution is -2.17. The molecule has 6 nitrogen and oxygen atoms in total. The summed E-state index contributed by atoms with van der Waals surface area (Å²) in [7, 11) is 0. The predicted octanol–water partition coefficient (Wildman–Crippen LogP) is 1.88. The van der Waals surface area contributed by atoms with Gasteiger partial charge in [-0.3, -0.25) is 9.78 Å². The van der Waals surface area contributed by atoms with E-state index in [1.54, 1.807) is 0 Å². The van der Waals surface area contributed by atoms with Crippen molar-refractivity contribution in [3.63, 3.8) is 0 Å². The number of pyridine rings is 1. The molecule has 6 heteroatoms. The van der Waals surface area contributed by atoms with Crippen LogP contribution in [0, 0.1) is 5.92 Å². The van der Waals surface area contributed by atoms with Gasteiger partial charge in [-0.15, -0.1) is 0 Å². The molecule has 96 valence electrons. The molecule has 1 saturated carbocycles. The van der Waals surface area contributed by atoms with Crippen LogP contribution in [0.3, 0.4) is 0 Å². The van der Waals surface area contributed by atoms with E-state index in [1.807, 2.05) is 18.2 Å². The number of carboxylic acids is 1. The second-order valence-corrected chi connectivity index (χ2v) is 4.45. The molecule has 0 bridgehead atoms. The highest BCUT2D eigenvalue weighted by Crippen LogP contribution is 2.38. The molecular formula is C12H16N4O2. The number of hydrogen-bond donors (Lipinski definition) is 2. The highest BCUT2D eigenvalue weighted by Gasteiger charge is 2.34. The van der Waals surface area contributed by atoms with Crippen molar-refractivity contribution >= 4 is 5.97 Å². The number of carboxylic acid groups (broad SMARTS) is 1. The normalized spacial score (nSPS) is 23.6. The lowest BCUT2D eigenvalue weighted by Gasteiger charge is -2.15. The quantitative estimate of drug-likeness (QED) is 0.482. The van der Waals surface area contributed by atoms with Gasteiger partial charge in [-0.25, -0.2) is 0 Å². The summed E-state index contributed by atoms with van der Waals surface area (Å²) < 4.78 is 0. The zero-order valence-electron chi connectivity index (χ0n) is 9.99. The summed E-state index contributed by atoms with van der Waals surface area (Å²) in [6, 6.07) is 5.60. The van der Waals surface area contributed by atoms with Crippen molar-refractivity contribution in [2.24, 2.45) is 22.1 Å². The Labute approximate surface area is 105 Å². The predicted molar refractivity (Wildman–Crippen MR) is 64.7 cm³/mol. The Morgan fingerprint density at radius 2 is 2.33 bits per heavy atom. The molecule has 0 aliphatic heterocycles. The Balaban J connectivity index is 2.19. The van der Waals surface area contributed by atoms with Gasteiger partial charge in [0.2, 0.25) is 0 Å². The number of aliphatic carboxylic acids is 1. The summed E-state index contributed by atoms with van der Waals surface area (Å²) in [5.74, 6) is 3.92. The molecule has 0 radical (unpaired) electrons. The molecule has 1 aromatic rings. The van der Waals surface area contributed by atoms with Crippen LogP contribution in [0.5, 0.6) is 0 Å². The third-order valence-electron chi connectivity index (χ3n) is 3.36. The molecule has 2 atom stereocenters. The highest BCUT2D eigenvalue weighted by molar-refractivity contribution is 5.71. The van der Waals surface area contributed by atoms with Gasteiger partial charge < -0.3 is 10.9 Å². The van der Waals surface area contributed by atoms with Crippen LogP contribution in [0.25, 0.3) is 0 Å². The summed E-state index contributed by atoms with van der Waals surface area (Å²) in [6.45, 7) is 0.328. The average Bonchev–Trinajstić information content (AvgIpc) is 2.86.